The molecule has 1 aromatic carbocycles. The summed E-state index contributed by atoms with van der Waals surface area (Å²) < 4.78 is 29.0. The number of amides is 1. The quantitative estimate of drug-likeness (QED) is 0.653. The van der Waals surface area contributed by atoms with Crippen LogP contribution in [-0.4, -0.2) is 51.7 Å². The van der Waals surface area contributed by atoms with Crippen molar-refractivity contribution in [2.75, 3.05) is 18.4 Å². The van der Waals surface area contributed by atoms with Crippen molar-refractivity contribution in [1.29, 1.82) is 0 Å². The van der Waals surface area contributed by atoms with E-state index >= 15 is 0 Å². The molecule has 1 saturated carbocycles. The number of nitrogens with zero attached hydrogens (tertiary/aromatic N) is 4. The van der Waals surface area contributed by atoms with Crippen LogP contribution in [0, 0.1) is 0 Å². The summed E-state index contributed by atoms with van der Waals surface area (Å²) in [6.45, 7) is 2.96. The molecule has 1 aromatic heterocycles. The van der Waals surface area contributed by atoms with E-state index in [-0.39, 0.29) is 16.1 Å². The Hall–Kier alpha value is -1.91. The molecule has 30 heavy (non-hydrogen) atoms. The number of hydrogen-bond acceptors (Lipinski definition) is 6. The highest BCUT2D eigenvalue weighted by Crippen LogP contribution is 2.39. The van der Waals surface area contributed by atoms with Crippen LogP contribution < -0.4 is 5.32 Å². The highest BCUT2D eigenvalue weighted by molar-refractivity contribution is 8.00. The molecule has 0 spiro atoms. The van der Waals surface area contributed by atoms with Gasteiger partial charge in [0.25, 0.3) is 0 Å². The van der Waals surface area contributed by atoms with Crippen LogP contribution in [0.25, 0.3) is 0 Å². The number of rotatable bonds is 7. The lowest BCUT2D eigenvalue weighted by Gasteiger charge is -2.25. The van der Waals surface area contributed by atoms with Crippen LogP contribution in [-0.2, 0) is 21.9 Å². The second kappa shape index (κ2) is 8.68. The lowest BCUT2D eigenvalue weighted by atomic mass is 10.2. The summed E-state index contributed by atoms with van der Waals surface area (Å²) in [4.78, 5) is 12.9. The molecule has 10 heteroatoms. The Balaban J connectivity index is 1.37. The van der Waals surface area contributed by atoms with Gasteiger partial charge in [-0.3, -0.25) is 4.79 Å². The first-order valence-corrected chi connectivity index (χ1v) is 12.7. The van der Waals surface area contributed by atoms with Crippen molar-refractivity contribution in [3.63, 3.8) is 0 Å². The summed E-state index contributed by atoms with van der Waals surface area (Å²) in [5.41, 5.74) is 0.571. The van der Waals surface area contributed by atoms with Gasteiger partial charge in [-0.2, -0.15) is 4.31 Å². The first-order chi connectivity index (χ1) is 14.4. The Kier molecular flexibility index (Phi) is 6.17. The molecule has 1 atom stereocenters. The van der Waals surface area contributed by atoms with Gasteiger partial charge >= 0.3 is 0 Å². The molecule has 4 rings (SSSR count). The highest BCUT2D eigenvalue weighted by atomic mass is 32.2. The minimum Gasteiger partial charge on any atom is -0.325 e. The summed E-state index contributed by atoms with van der Waals surface area (Å²) >= 11 is 1.36. The van der Waals surface area contributed by atoms with Gasteiger partial charge in [0, 0.05) is 31.7 Å². The largest absolute Gasteiger partial charge is 0.325 e. The second-order valence-corrected chi connectivity index (χ2v) is 11.2. The first-order valence-electron chi connectivity index (χ1n) is 10.3. The zero-order valence-corrected chi connectivity index (χ0v) is 18.9. The van der Waals surface area contributed by atoms with Gasteiger partial charge in [0.15, 0.2) is 5.16 Å². The molecule has 1 unspecified atom stereocenters. The summed E-state index contributed by atoms with van der Waals surface area (Å²) in [6, 6.07) is 6.39. The van der Waals surface area contributed by atoms with Crippen LogP contribution in [0.3, 0.4) is 0 Å². The number of hydrogen-bond donors (Lipinski definition) is 1. The first kappa shape index (κ1) is 21.3. The third kappa shape index (κ3) is 4.55. The van der Waals surface area contributed by atoms with Gasteiger partial charge in [-0.05, 0) is 56.9 Å². The number of sulfonamides is 1. The number of nitrogens with one attached hydrogen (secondary N) is 1. The molecule has 2 aromatic rings. The standard InChI is InChI=1S/C20H27N5O3S2/c1-14(29-20-23-22-18(24(20)2)15-6-7-15)19(26)21-16-8-10-17(11-9-16)30(27,28)25-12-4-3-5-13-25/h8-11,14-15H,3-7,12-13H2,1-2H3,(H,21,26). The van der Waals surface area contributed by atoms with Crippen LogP contribution in [0.4, 0.5) is 5.69 Å². The maximum atomic E-state index is 12.7. The van der Waals surface area contributed by atoms with Gasteiger partial charge in [-0.1, -0.05) is 18.2 Å². The molecule has 2 fully saturated rings. The van der Waals surface area contributed by atoms with E-state index in [4.69, 9.17) is 0 Å². The average molecular weight is 450 g/mol. The fraction of sp³-hybridized carbons (Fsp3) is 0.550. The van der Waals surface area contributed by atoms with E-state index in [1.165, 1.54) is 11.8 Å². The molecule has 0 radical (unpaired) electrons. The molecule has 1 N–H and O–H groups in total. The van der Waals surface area contributed by atoms with Crippen LogP contribution >= 0.6 is 11.8 Å². The maximum absolute atomic E-state index is 12.7. The predicted octanol–water partition coefficient (Wildman–Crippen LogP) is 2.99. The van der Waals surface area contributed by atoms with Crippen molar-refractivity contribution < 1.29 is 13.2 Å². The highest BCUT2D eigenvalue weighted by Gasteiger charge is 2.30. The van der Waals surface area contributed by atoms with Gasteiger partial charge in [0.1, 0.15) is 5.82 Å². The molecule has 0 bridgehead atoms. The molecule has 162 valence electrons. The van der Waals surface area contributed by atoms with Gasteiger partial charge < -0.3 is 9.88 Å². The molecular weight excluding hydrogens is 422 g/mol. The van der Waals surface area contributed by atoms with E-state index < -0.39 is 10.0 Å². The number of benzene rings is 1. The van der Waals surface area contributed by atoms with Crippen molar-refractivity contribution in [3.8, 4) is 0 Å². The molecule has 1 aliphatic carbocycles. The number of thioether (sulfide) groups is 1. The molecular formula is C20H27N5O3S2. The Morgan fingerprint density at radius 1 is 1.13 bits per heavy atom. The third-order valence-electron chi connectivity index (χ3n) is 5.54. The lowest BCUT2D eigenvalue weighted by Crippen LogP contribution is -2.35. The summed E-state index contributed by atoms with van der Waals surface area (Å²) in [5, 5.41) is 11.7. The van der Waals surface area contributed by atoms with E-state index in [0.717, 1.165) is 43.1 Å². The van der Waals surface area contributed by atoms with Gasteiger partial charge in [0.05, 0.1) is 10.1 Å². The van der Waals surface area contributed by atoms with Crippen molar-refractivity contribution in [2.45, 2.75) is 60.2 Å². The van der Waals surface area contributed by atoms with E-state index in [1.54, 1.807) is 28.6 Å². The average Bonchev–Trinajstić information content (AvgIpc) is 3.53. The summed E-state index contributed by atoms with van der Waals surface area (Å²) in [7, 11) is -1.54. The fourth-order valence-corrected chi connectivity index (χ4v) is 5.88. The van der Waals surface area contributed by atoms with E-state index in [1.807, 2.05) is 18.5 Å². The van der Waals surface area contributed by atoms with Crippen molar-refractivity contribution in [2.24, 2.45) is 7.05 Å². The van der Waals surface area contributed by atoms with Crippen LogP contribution in [0.5, 0.6) is 0 Å². The smallest absolute Gasteiger partial charge is 0.243 e. The van der Waals surface area contributed by atoms with Crippen molar-refractivity contribution in [3.05, 3.63) is 30.1 Å². The Morgan fingerprint density at radius 3 is 2.43 bits per heavy atom. The predicted molar refractivity (Wildman–Crippen MR) is 116 cm³/mol. The minimum absolute atomic E-state index is 0.164. The molecule has 1 saturated heterocycles. The minimum atomic E-state index is -3.47. The SMILES string of the molecule is CC(Sc1nnc(C2CC2)n1C)C(=O)Nc1ccc(S(=O)(=O)N2CCCCC2)cc1. The molecule has 1 aliphatic heterocycles. The van der Waals surface area contributed by atoms with E-state index in [9.17, 15) is 13.2 Å². The zero-order valence-electron chi connectivity index (χ0n) is 17.2. The van der Waals surface area contributed by atoms with Gasteiger partial charge in [0.2, 0.25) is 15.9 Å². The summed E-state index contributed by atoms with van der Waals surface area (Å²) in [5.74, 6) is 1.32. The number of carbonyl (C=O) groups excluding carboxylic acids is 1. The Labute approximate surface area is 181 Å². The van der Waals surface area contributed by atoms with Gasteiger partial charge in [-0.15, -0.1) is 10.2 Å². The topological polar surface area (TPSA) is 97.2 Å². The number of piperidine rings is 1. The summed E-state index contributed by atoms with van der Waals surface area (Å²) in [6.07, 6.45) is 5.17. The fourth-order valence-electron chi connectivity index (χ4n) is 3.55. The number of anilines is 1. The maximum Gasteiger partial charge on any atom is 0.243 e. The molecule has 2 heterocycles. The van der Waals surface area contributed by atoms with Crippen LogP contribution in [0.2, 0.25) is 0 Å². The van der Waals surface area contributed by atoms with Crippen molar-refractivity contribution in [1.82, 2.24) is 19.1 Å². The number of carbonyl (C=O) groups is 1. The molecule has 2 aliphatic rings. The van der Waals surface area contributed by atoms with Crippen molar-refractivity contribution >= 4 is 33.4 Å². The van der Waals surface area contributed by atoms with Crippen LogP contribution in [0.1, 0.15) is 50.8 Å². The third-order valence-corrected chi connectivity index (χ3v) is 8.58. The Bertz CT molecular complexity index is 1010. The van der Waals surface area contributed by atoms with E-state index in [0.29, 0.717) is 24.7 Å². The Morgan fingerprint density at radius 2 is 1.80 bits per heavy atom. The monoisotopic (exact) mass is 449 g/mol. The molecule has 1 amide bonds. The lowest BCUT2D eigenvalue weighted by molar-refractivity contribution is -0.115. The second-order valence-electron chi connectivity index (χ2n) is 7.91. The van der Waals surface area contributed by atoms with E-state index in [2.05, 4.69) is 15.5 Å². The normalized spacial score (nSPS) is 18.9. The van der Waals surface area contributed by atoms with Crippen LogP contribution in [0.15, 0.2) is 34.3 Å². The van der Waals surface area contributed by atoms with Gasteiger partial charge in [-0.25, -0.2) is 8.42 Å². The number of aromatic nitrogens is 3. The molecule has 8 nitrogen and oxygen atoms in total. The zero-order chi connectivity index (χ0) is 21.3.